The van der Waals surface area contributed by atoms with Crippen molar-refractivity contribution in [2.45, 2.75) is 33.9 Å². The van der Waals surface area contributed by atoms with Crippen LogP contribution in [0.2, 0.25) is 0 Å². The highest BCUT2D eigenvalue weighted by Gasteiger charge is 2.15. The van der Waals surface area contributed by atoms with Crippen LogP contribution in [0.5, 0.6) is 11.5 Å². The van der Waals surface area contributed by atoms with E-state index in [-0.39, 0.29) is 36.1 Å². The fourth-order valence-electron chi connectivity index (χ4n) is 2.15. The van der Waals surface area contributed by atoms with Gasteiger partial charge in [-0.05, 0) is 19.9 Å². The number of hydrogen-bond acceptors (Lipinski definition) is 5. The third-order valence-electron chi connectivity index (χ3n) is 3.46. The van der Waals surface area contributed by atoms with E-state index in [1.54, 1.807) is 32.0 Å². The van der Waals surface area contributed by atoms with Gasteiger partial charge >= 0.3 is 6.61 Å². The molecule has 0 bridgehead atoms. The minimum Gasteiger partial charge on any atom is -0.490 e. The Hall–Kier alpha value is -2.10. The van der Waals surface area contributed by atoms with E-state index in [1.807, 2.05) is 6.92 Å². The van der Waals surface area contributed by atoms with Crippen molar-refractivity contribution >= 4 is 15.8 Å². The van der Waals surface area contributed by atoms with Crippen LogP contribution in [0.15, 0.2) is 23.2 Å². The Morgan fingerprint density at radius 1 is 1.22 bits per heavy atom. The highest BCUT2D eigenvalue weighted by atomic mass is 32.2. The lowest BCUT2D eigenvalue weighted by Crippen LogP contribution is -2.39. The van der Waals surface area contributed by atoms with Gasteiger partial charge in [-0.2, -0.15) is 8.78 Å². The van der Waals surface area contributed by atoms with Gasteiger partial charge in [0.05, 0.1) is 18.9 Å². The first-order valence-electron chi connectivity index (χ1n) is 8.75. The number of para-hydroxylation sites is 1. The predicted molar refractivity (Wildman–Crippen MR) is 101 cm³/mol. The molecule has 10 heteroatoms. The molecule has 0 saturated heterocycles. The Balaban J connectivity index is 2.92. The molecule has 0 aliphatic carbocycles. The summed E-state index contributed by atoms with van der Waals surface area (Å²) in [5.41, 5.74) is 0.430. The number of sulfone groups is 1. The first-order chi connectivity index (χ1) is 12.8. The molecule has 0 atom stereocenters. The summed E-state index contributed by atoms with van der Waals surface area (Å²) in [6, 6.07) is 4.84. The number of aliphatic imine (C=N–C) groups is 1. The van der Waals surface area contributed by atoms with E-state index in [2.05, 4.69) is 20.4 Å². The average molecular weight is 407 g/mol. The number of hydrogen-bond donors (Lipinski definition) is 2. The van der Waals surface area contributed by atoms with Gasteiger partial charge in [0.15, 0.2) is 27.3 Å². The van der Waals surface area contributed by atoms with E-state index in [4.69, 9.17) is 4.74 Å². The van der Waals surface area contributed by atoms with Crippen molar-refractivity contribution in [3.8, 4) is 11.5 Å². The molecule has 1 aromatic rings. The molecule has 0 fully saturated rings. The Labute approximate surface area is 159 Å². The van der Waals surface area contributed by atoms with E-state index in [0.29, 0.717) is 24.7 Å². The second-order valence-corrected chi connectivity index (χ2v) is 7.89. The fourth-order valence-corrected chi connectivity index (χ4v) is 2.85. The third kappa shape index (κ3) is 8.42. The Morgan fingerprint density at radius 3 is 2.56 bits per heavy atom. The zero-order valence-electron chi connectivity index (χ0n) is 15.8. The fraction of sp³-hybridized carbons (Fsp3) is 0.588. The van der Waals surface area contributed by atoms with Gasteiger partial charge < -0.3 is 20.1 Å². The number of alkyl halides is 2. The molecule has 0 heterocycles. The Kier molecular flexibility index (Phi) is 9.84. The first kappa shape index (κ1) is 22.9. The predicted octanol–water partition coefficient (Wildman–Crippen LogP) is 2.18. The molecule has 1 aromatic carbocycles. The van der Waals surface area contributed by atoms with Crippen molar-refractivity contribution in [2.75, 3.05) is 31.2 Å². The molecule has 0 aliphatic rings. The number of benzene rings is 1. The number of ether oxygens (including phenoxy) is 2. The van der Waals surface area contributed by atoms with E-state index < -0.39 is 16.4 Å². The van der Waals surface area contributed by atoms with Crippen LogP contribution in [0.1, 0.15) is 26.3 Å². The molecule has 154 valence electrons. The number of halogens is 2. The number of rotatable bonds is 11. The zero-order valence-corrected chi connectivity index (χ0v) is 16.6. The monoisotopic (exact) mass is 407 g/mol. The third-order valence-corrected chi connectivity index (χ3v) is 5.17. The molecule has 1 rings (SSSR count). The van der Waals surface area contributed by atoms with Crippen LogP contribution in [-0.4, -0.2) is 52.2 Å². The SMILES string of the molecule is CCNC(=NCc1cccc(OCC)c1OC(F)F)NCCS(=O)(=O)CC. The lowest BCUT2D eigenvalue weighted by molar-refractivity contribution is -0.0520. The number of nitrogens with one attached hydrogen (secondary N) is 2. The van der Waals surface area contributed by atoms with Crippen molar-refractivity contribution in [2.24, 2.45) is 4.99 Å². The van der Waals surface area contributed by atoms with Gasteiger partial charge in [0.2, 0.25) is 0 Å². The molecule has 0 amide bonds. The van der Waals surface area contributed by atoms with Crippen molar-refractivity contribution in [1.82, 2.24) is 10.6 Å². The Morgan fingerprint density at radius 2 is 1.96 bits per heavy atom. The lowest BCUT2D eigenvalue weighted by atomic mass is 10.2. The van der Waals surface area contributed by atoms with E-state index in [1.165, 1.54) is 0 Å². The van der Waals surface area contributed by atoms with Crippen molar-refractivity contribution in [3.63, 3.8) is 0 Å². The minimum absolute atomic E-state index is 0.0204. The van der Waals surface area contributed by atoms with Crippen LogP contribution in [0.3, 0.4) is 0 Å². The van der Waals surface area contributed by atoms with Crippen LogP contribution in [0.25, 0.3) is 0 Å². The van der Waals surface area contributed by atoms with E-state index in [0.717, 1.165) is 0 Å². The molecule has 0 spiro atoms. The van der Waals surface area contributed by atoms with Crippen LogP contribution in [-0.2, 0) is 16.4 Å². The summed E-state index contributed by atoms with van der Waals surface area (Å²) in [5, 5.41) is 5.90. The molecule has 27 heavy (non-hydrogen) atoms. The second kappa shape index (κ2) is 11.6. The second-order valence-electron chi connectivity index (χ2n) is 5.41. The summed E-state index contributed by atoms with van der Waals surface area (Å²) in [6.45, 7) is 3.33. The quantitative estimate of drug-likeness (QED) is 0.432. The zero-order chi connectivity index (χ0) is 20.3. The summed E-state index contributed by atoms with van der Waals surface area (Å²) < 4.78 is 58.6. The number of nitrogens with zero attached hydrogens (tertiary/aromatic N) is 1. The maximum Gasteiger partial charge on any atom is 0.387 e. The van der Waals surface area contributed by atoms with Gasteiger partial charge in [-0.1, -0.05) is 19.1 Å². The normalized spacial score (nSPS) is 12.1. The highest BCUT2D eigenvalue weighted by Crippen LogP contribution is 2.33. The molecular formula is C17H27F2N3O4S. The summed E-state index contributed by atoms with van der Waals surface area (Å²) in [5.74, 6) is 0.600. The van der Waals surface area contributed by atoms with Gasteiger partial charge in [-0.15, -0.1) is 0 Å². The highest BCUT2D eigenvalue weighted by molar-refractivity contribution is 7.91. The van der Waals surface area contributed by atoms with Gasteiger partial charge in [0.1, 0.15) is 0 Å². The molecular weight excluding hydrogens is 380 g/mol. The van der Waals surface area contributed by atoms with Crippen molar-refractivity contribution in [3.05, 3.63) is 23.8 Å². The van der Waals surface area contributed by atoms with Crippen LogP contribution in [0.4, 0.5) is 8.78 Å². The summed E-state index contributed by atoms with van der Waals surface area (Å²) in [4.78, 5) is 4.32. The van der Waals surface area contributed by atoms with E-state index in [9.17, 15) is 17.2 Å². The topological polar surface area (TPSA) is 89.0 Å². The summed E-state index contributed by atoms with van der Waals surface area (Å²) in [6.07, 6.45) is 0. The average Bonchev–Trinajstić information content (AvgIpc) is 2.61. The van der Waals surface area contributed by atoms with Crippen LogP contribution in [0, 0.1) is 0 Å². The molecule has 0 aliphatic heterocycles. The summed E-state index contributed by atoms with van der Waals surface area (Å²) >= 11 is 0. The molecule has 2 N–H and O–H groups in total. The van der Waals surface area contributed by atoms with Gasteiger partial charge in [-0.25, -0.2) is 13.4 Å². The number of guanidine groups is 1. The maximum atomic E-state index is 12.8. The van der Waals surface area contributed by atoms with Crippen molar-refractivity contribution in [1.29, 1.82) is 0 Å². The lowest BCUT2D eigenvalue weighted by Gasteiger charge is -2.15. The standard InChI is InChI=1S/C17H27F2N3O4S/c1-4-20-17(21-10-11-27(23,24)6-3)22-12-13-8-7-9-14(25-5-2)15(13)26-16(18)19/h7-9,16H,4-6,10-12H2,1-3H3,(H2,20,21,22). The van der Waals surface area contributed by atoms with Gasteiger partial charge in [0.25, 0.3) is 0 Å². The first-order valence-corrected chi connectivity index (χ1v) is 10.6. The van der Waals surface area contributed by atoms with Crippen molar-refractivity contribution < 1.29 is 26.7 Å². The minimum atomic E-state index is -3.09. The molecule has 7 nitrogen and oxygen atoms in total. The largest absolute Gasteiger partial charge is 0.490 e. The molecule has 0 unspecified atom stereocenters. The van der Waals surface area contributed by atoms with E-state index >= 15 is 0 Å². The van der Waals surface area contributed by atoms with Gasteiger partial charge in [0, 0.05) is 24.4 Å². The smallest absolute Gasteiger partial charge is 0.387 e. The summed E-state index contributed by atoms with van der Waals surface area (Å²) in [7, 11) is -3.09. The molecule has 0 saturated carbocycles. The Bertz CT molecular complexity index is 712. The van der Waals surface area contributed by atoms with Crippen LogP contribution >= 0.6 is 0 Å². The van der Waals surface area contributed by atoms with Gasteiger partial charge in [-0.3, -0.25) is 0 Å². The maximum absolute atomic E-state index is 12.8. The molecule has 0 radical (unpaired) electrons. The van der Waals surface area contributed by atoms with Crippen LogP contribution < -0.4 is 20.1 Å². The molecule has 0 aromatic heterocycles.